The van der Waals surface area contributed by atoms with Crippen molar-refractivity contribution in [2.24, 2.45) is 5.92 Å². The normalized spacial score (nSPS) is 35.4. The first-order valence-corrected chi connectivity index (χ1v) is 5.67. The Hall–Kier alpha value is -0.760. The van der Waals surface area contributed by atoms with Crippen molar-refractivity contribution in [3.05, 3.63) is 23.7 Å². The Balaban J connectivity index is 1.75. The molecule has 2 aliphatic rings. The SMILES string of the molecule is CC1CC1NC1CCCc2occc21. The lowest BCUT2D eigenvalue weighted by atomic mass is 9.93. The van der Waals surface area contributed by atoms with E-state index in [9.17, 15) is 0 Å². The zero-order chi connectivity index (χ0) is 9.54. The van der Waals surface area contributed by atoms with Gasteiger partial charge in [-0.3, -0.25) is 0 Å². The lowest BCUT2D eigenvalue weighted by molar-refractivity contribution is 0.406. The van der Waals surface area contributed by atoms with Gasteiger partial charge in [0.25, 0.3) is 0 Å². The zero-order valence-electron chi connectivity index (χ0n) is 8.62. The standard InChI is InChI=1S/C12H17NO/c1-8-7-11(8)13-10-3-2-4-12-9(10)5-6-14-12/h5-6,8,10-11,13H,2-4,7H2,1H3. The Morgan fingerprint density at radius 2 is 2.36 bits per heavy atom. The van der Waals surface area contributed by atoms with Gasteiger partial charge in [0.1, 0.15) is 5.76 Å². The first-order valence-electron chi connectivity index (χ1n) is 5.67. The van der Waals surface area contributed by atoms with Gasteiger partial charge in [-0.05, 0) is 31.2 Å². The highest BCUT2D eigenvalue weighted by Gasteiger charge is 2.35. The average Bonchev–Trinajstić information content (AvgIpc) is 2.69. The topological polar surface area (TPSA) is 25.2 Å². The second-order valence-corrected chi connectivity index (χ2v) is 4.73. The van der Waals surface area contributed by atoms with Gasteiger partial charge in [-0.15, -0.1) is 0 Å². The Morgan fingerprint density at radius 3 is 3.14 bits per heavy atom. The summed E-state index contributed by atoms with van der Waals surface area (Å²) < 4.78 is 5.47. The van der Waals surface area contributed by atoms with E-state index in [-0.39, 0.29) is 0 Å². The summed E-state index contributed by atoms with van der Waals surface area (Å²) in [6.45, 7) is 2.32. The van der Waals surface area contributed by atoms with Crippen molar-refractivity contribution in [3.8, 4) is 0 Å². The first kappa shape index (κ1) is 8.54. The first-order chi connectivity index (χ1) is 6.84. The Kier molecular flexibility index (Phi) is 1.91. The summed E-state index contributed by atoms with van der Waals surface area (Å²) in [5.41, 5.74) is 1.41. The summed E-state index contributed by atoms with van der Waals surface area (Å²) in [5, 5.41) is 3.72. The molecule has 3 atom stereocenters. The molecule has 1 N–H and O–H groups in total. The molecule has 1 aromatic heterocycles. The molecule has 1 heterocycles. The molecule has 2 nitrogen and oxygen atoms in total. The molecular formula is C12H17NO. The van der Waals surface area contributed by atoms with Gasteiger partial charge in [-0.25, -0.2) is 0 Å². The third kappa shape index (κ3) is 1.38. The lowest BCUT2D eigenvalue weighted by Gasteiger charge is -2.22. The van der Waals surface area contributed by atoms with Crippen LogP contribution in [0.25, 0.3) is 0 Å². The number of hydrogen-bond donors (Lipinski definition) is 1. The third-order valence-corrected chi connectivity index (χ3v) is 3.58. The Morgan fingerprint density at radius 1 is 1.50 bits per heavy atom. The van der Waals surface area contributed by atoms with E-state index >= 15 is 0 Å². The number of fused-ring (bicyclic) bond motifs is 1. The van der Waals surface area contributed by atoms with Crippen LogP contribution in [0, 0.1) is 5.92 Å². The highest BCUT2D eigenvalue weighted by atomic mass is 16.3. The summed E-state index contributed by atoms with van der Waals surface area (Å²) in [5.74, 6) is 2.09. The van der Waals surface area contributed by atoms with E-state index in [4.69, 9.17) is 4.42 Å². The van der Waals surface area contributed by atoms with Crippen molar-refractivity contribution in [2.75, 3.05) is 0 Å². The van der Waals surface area contributed by atoms with Crippen LogP contribution in [0.4, 0.5) is 0 Å². The molecule has 14 heavy (non-hydrogen) atoms. The van der Waals surface area contributed by atoms with Crippen molar-refractivity contribution in [3.63, 3.8) is 0 Å². The van der Waals surface area contributed by atoms with Crippen LogP contribution in [-0.4, -0.2) is 6.04 Å². The molecule has 2 aliphatic carbocycles. The molecule has 1 fully saturated rings. The fourth-order valence-electron chi connectivity index (χ4n) is 2.47. The third-order valence-electron chi connectivity index (χ3n) is 3.58. The van der Waals surface area contributed by atoms with E-state index in [2.05, 4.69) is 18.3 Å². The number of aryl methyl sites for hydroxylation is 1. The minimum atomic E-state index is 0.562. The smallest absolute Gasteiger partial charge is 0.108 e. The minimum Gasteiger partial charge on any atom is -0.469 e. The van der Waals surface area contributed by atoms with Crippen molar-refractivity contribution in [1.82, 2.24) is 5.32 Å². The number of hydrogen-bond acceptors (Lipinski definition) is 2. The summed E-state index contributed by atoms with van der Waals surface area (Å²) in [7, 11) is 0. The second kappa shape index (κ2) is 3.13. The van der Waals surface area contributed by atoms with E-state index in [0.717, 1.165) is 18.4 Å². The van der Waals surface area contributed by atoms with Crippen molar-refractivity contribution < 1.29 is 4.42 Å². The van der Waals surface area contributed by atoms with E-state index in [1.165, 1.54) is 30.6 Å². The van der Waals surface area contributed by atoms with Gasteiger partial charge < -0.3 is 9.73 Å². The maximum Gasteiger partial charge on any atom is 0.108 e. The van der Waals surface area contributed by atoms with Gasteiger partial charge in [-0.2, -0.15) is 0 Å². The molecular weight excluding hydrogens is 174 g/mol. The van der Waals surface area contributed by atoms with E-state index in [1.807, 2.05) is 6.26 Å². The second-order valence-electron chi connectivity index (χ2n) is 4.73. The Labute approximate surface area is 84.7 Å². The highest BCUT2D eigenvalue weighted by molar-refractivity contribution is 5.24. The van der Waals surface area contributed by atoms with E-state index in [1.54, 1.807) is 0 Å². The highest BCUT2D eigenvalue weighted by Crippen LogP contribution is 2.36. The maximum absolute atomic E-state index is 5.47. The molecule has 1 aromatic rings. The molecule has 0 saturated heterocycles. The van der Waals surface area contributed by atoms with Crippen molar-refractivity contribution in [2.45, 2.75) is 44.7 Å². The van der Waals surface area contributed by atoms with Crippen LogP contribution < -0.4 is 5.32 Å². The molecule has 0 aromatic carbocycles. The van der Waals surface area contributed by atoms with Gasteiger partial charge in [0.2, 0.25) is 0 Å². The van der Waals surface area contributed by atoms with E-state index < -0.39 is 0 Å². The molecule has 0 amide bonds. The predicted molar refractivity (Wildman–Crippen MR) is 55.1 cm³/mol. The van der Waals surface area contributed by atoms with E-state index in [0.29, 0.717) is 6.04 Å². The molecule has 1 saturated carbocycles. The predicted octanol–water partition coefficient (Wildman–Crippen LogP) is 2.66. The van der Waals surface area contributed by atoms with Crippen LogP contribution in [0.5, 0.6) is 0 Å². The van der Waals surface area contributed by atoms with Crippen LogP contribution in [-0.2, 0) is 6.42 Å². The molecule has 0 spiro atoms. The number of rotatable bonds is 2. The Bertz CT molecular complexity index is 331. The van der Waals surface area contributed by atoms with Crippen molar-refractivity contribution in [1.29, 1.82) is 0 Å². The number of furan rings is 1. The molecule has 0 aliphatic heterocycles. The van der Waals surface area contributed by atoms with Crippen LogP contribution in [0.2, 0.25) is 0 Å². The van der Waals surface area contributed by atoms with Crippen LogP contribution >= 0.6 is 0 Å². The fraction of sp³-hybridized carbons (Fsp3) is 0.667. The molecule has 76 valence electrons. The summed E-state index contributed by atoms with van der Waals surface area (Å²) in [4.78, 5) is 0. The average molecular weight is 191 g/mol. The monoisotopic (exact) mass is 191 g/mol. The van der Waals surface area contributed by atoms with Crippen molar-refractivity contribution >= 4 is 0 Å². The lowest BCUT2D eigenvalue weighted by Crippen LogP contribution is -2.27. The van der Waals surface area contributed by atoms with Crippen LogP contribution in [0.3, 0.4) is 0 Å². The minimum absolute atomic E-state index is 0.562. The summed E-state index contributed by atoms with van der Waals surface area (Å²) >= 11 is 0. The summed E-state index contributed by atoms with van der Waals surface area (Å²) in [6.07, 6.45) is 6.85. The largest absolute Gasteiger partial charge is 0.469 e. The van der Waals surface area contributed by atoms with Crippen LogP contribution in [0.1, 0.15) is 43.6 Å². The molecule has 3 rings (SSSR count). The number of nitrogens with one attached hydrogen (secondary N) is 1. The maximum atomic E-state index is 5.47. The van der Waals surface area contributed by atoms with Gasteiger partial charge in [-0.1, -0.05) is 6.92 Å². The zero-order valence-corrected chi connectivity index (χ0v) is 8.62. The molecule has 0 radical (unpaired) electrons. The van der Waals surface area contributed by atoms with Gasteiger partial charge in [0, 0.05) is 24.1 Å². The van der Waals surface area contributed by atoms with Gasteiger partial charge in [0.05, 0.1) is 6.26 Å². The summed E-state index contributed by atoms with van der Waals surface area (Å²) in [6, 6.07) is 3.47. The van der Waals surface area contributed by atoms with Crippen LogP contribution in [0.15, 0.2) is 16.7 Å². The van der Waals surface area contributed by atoms with Gasteiger partial charge >= 0.3 is 0 Å². The molecule has 0 bridgehead atoms. The molecule has 2 heteroatoms. The van der Waals surface area contributed by atoms with Gasteiger partial charge in [0.15, 0.2) is 0 Å². The quantitative estimate of drug-likeness (QED) is 0.777. The molecule has 3 unspecified atom stereocenters. The fourth-order valence-corrected chi connectivity index (χ4v) is 2.47.